The van der Waals surface area contributed by atoms with E-state index in [4.69, 9.17) is 9.47 Å². The number of nitrogens with zero attached hydrogens (tertiary/aromatic N) is 3. The Balaban J connectivity index is 1.17. The Morgan fingerprint density at radius 1 is 1.06 bits per heavy atom. The quantitative estimate of drug-likeness (QED) is 0.492. The minimum Gasteiger partial charge on any atom is -0.493 e. The maximum absolute atomic E-state index is 6.02. The molecule has 0 radical (unpaired) electrons. The third kappa shape index (κ3) is 4.93. The van der Waals surface area contributed by atoms with Crippen molar-refractivity contribution in [1.82, 2.24) is 20.1 Å². The van der Waals surface area contributed by atoms with E-state index in [1.807, 2.05) is 42.6 Å². The summed E-state index contributed by atoms with van der Waals surface area (Å²) in [5, 5.41) is 8.83. The topological polar surface area (TPSA) is 63.3 Å². The van der Waals surface area contributed by atoms with Crippen molar-refractivity contribution >= 4 is 10.9 Å². The lowest BCUT2D eigenvalue weighted by molar-refractivity contribution is -0.0350. The fourth-order valence-corrected chi connectivity index (χ4v) is 3.97. The number of rotatable bonds is 7. The smallest absolute Gasteiger partial charge is 0.119 e. The molecule has 3 heterocycles. The molecule has 0 bridgehead atoms. The molecule has 5 rings (SSSR count). The summed E-state index contributed by atoms with van der Waals surface area (Å²) >= 11 is 0. The number of morpholine rings is 1. The maximum Gasteiger partial charge on any atom is 0.119 e. The van der Waals surface area contributed by atoms with Crippen molar-refractivity contribution in [1.29, 1.82) is 0 Å². The van der Waals surface area contributed by atoms with Crippen molar-refractivity contribution in [3.63, 3.8) is 0 Å². The molecular weight excluding hydrogens is 388 g/mol. The number of hydrogen-bond acceptors (Lipinski definition) is 5. The summed E-state index contributed by atoms with van der Waals surface area (Å²) in [6.07, 6.45) is 2.60. The van der Waals surface area contributed by atoms with E-state index in [2.05, 4.69) is 50.4 Å². The van der Waals surface area contributed by atoms with Gasteiger partial charge < -0.3 is 9.47 Å². The van der Waals surface area contributed by atoms with Crippen molar-refractivity contribution < 1.29 is 9.47 Å². The molecule has 0 saturated carbocycles. The zero-order valence-corrected chi connectivity index (χ0v) is 17.4. The van der Waals surface area contributed by atoms with E-state index in [1.54, 1.807) is 0 Å². The van der Waals surface area contributed by atoms with Gasteiger partial charge in [-0.25, -0.2) is 0 Å². The maximum atomic E-state index is 6.02. The number of aromatic nitrogens is 3. The number of nitrogens with one attached hydrogen (secondary N) is 1. The largest absolute Gasteiger partial charge is 0.493 e. The van der Waals surface area contributed by atoms with Crippen LogP contribution in [0.1, 0.15) is 23.1 Å². The summed E-state index contributed by atoms with van der Waals surface area (Å²) < 4.78 is 11.8. The molecule has 158 valence electrons. The van der Waals surface area contributed by atoms with Gasteiger partial charge in [0.2, 0.25) is 0 Å². The second-order valence-electron chi connectivity index (χ2n) is 7.85. The van der Waals surface area contributed by atoms with Gasteiger partial charge in [0.05, 0.1) is 24.4 Å². The summed E-state index contributed by atoms with van der Waals surface area (Å²) in [4.78, 5) is 6.84. The van der Waals surface area contributed by atoms with Gasteiger partial charge >= 0.3 is 0 Å². The van der Waals surface area contributed by atoms with Crippen LogP contribution in [0.5, 0.6) is 5.75 Å². The third-order valence-electron chi connectivity index (χ3n) is 5.59. The van der Waals surface area contributed by atoms with E-state index in [0.29, 0.717) is 13.2 Å². The predicted molar refractivity (Wildman–Crippen MR) is 120 cm³/mol. The van der Waals surface area contributed by atoms with Crippen LogP contribution in [0.2, 0.25) is 0 Å². The SMILES string of the molecule is c1ccc(OCCc2cc([C@@H]3CN(Cc4ccc5ncccc5c4)CCO3)n[nH]2)cc1. The van der Waals surface area contributed by atoms with Gasteiger partial charge in [-0.05, 0) is 42.0 Å². The number of H-pyrrole nitrogens is 1. The first kappa shape index (κ1) is 19.7. The Kier molecular flexibility index (Phi) is 5.91. The van der Waals surface area contributed by atoms with E-state index in [1.165, 1.54) is 10.9 Å². The highest BCUT2D eigenvalue weighted by Gasteiger charge is 2.24. The molecule has 1 fully saturated rings. The van der Waals surface area contributed by atoms with E-state index in [9.17, 15) is 0 Å². The molecule has 2 aromatic carbocycles. The molecule has 1 saturated heterocycles. The van der Waals surface area contributed by atoms with Crippen LogP contribution in [0.3, 0.4) is 0 Å². The molecule has 1 aliphatic rings. The van der Waals surface area contributed by atoms with Crippen molar-refractivity contribution in [2.45, 2.75) is 19.1 Å². The van der Waals surface area contributed by atoms with Crippen molar-refractivity contribution in [3.8, 4) is 5.75 Å². The second-order valence-corrected chi connectivity index (χ2v) is 7.85. The Morgan fingerprint density at radius 2 is 2.00 bits per heavy atom. The summed E-state index contributed by atoms with van der Waals surface area (Å²) in [6.45, 7) is 3.96. The fraction of sp³-hybridized carbons (Fsp3) is 0.280. The Labute approximate surface area is 181 Å². The molecule has 1 aliphatic heterocycles. The fourth-order valence-electron chi connectivity index (χ4n) is 3.97. The highest BCUT2D eigenvalue weighted by molar-refractivity contribution is 5.78. The number of benzene rings is 2. The molecular formula is C25H26N4O2. The summed E-state index contributed by atoms with van der Waals surface area (Å²) in [6, 6.07) is 22.6. The zero-order valence-electron chi connectivity index (χ0n) is 17.4. The van der Waals surface area contributed by atoms with Crippen LogP contribution in [0.15, 0.2) is 72.9 Å². The Morgan fingerprint density at radius 3 is 2.94 bits per heavy atom. The van der Waals surface area contributed by atoms with Crippen LogP contribution in [-0.2, 0) is 17.7 Å². The highest BCUT2D eigenvalue weighted by Crippen LogP contribution is 2.23. The van der Waals surface area contributed by atoms with Gasteiger partial charge in [0.25, 0.3) is 0 Å². The normalized spacial score (nSPS) is 17.1. The number of ether oxygens (including phenoxy) is 2. The first-order chi connectivity index (χ1) is 15.3. The summed E-state index contributed by atoms with van der Waals surface area (Å²) in [7, 11) is 0. The van der Waals surface area contributed by atoms with Crippen molar-refractivity contribution in [3.05, 3.63) is 89.9 Å². The molecule has 4 aromatic rings. The average Bonchev–Trinajstić information content (AvgIpc) is 3.29. The van der Waals surface area contributed by atoms with E-state index >= 15 is 0 Å². The summed E-state index contributed by atoms with van der Waals surface area (Å²) in [5.41, 5.74) is 4.35. The average molecular weight is 415 g/mol. The molecule has 0 amide bonds. The lowest BCUT2D eigenvalue weighted by Crippen LogP contribution is -2.37. The first-order valence-electron chi connectivity index (χ1n) is 10.7. The standard InChI is InChI=1S/C25H26N4O2/c1-2-6-22(7-3-1)30-13-10-21-16-24(28-27-21)25-18-29(12-14-31-25)17-19-8-9-23-20(15-19)5-4-11-26-23/h1-9,11,15-16,25H,10,12-14,17-18H2,(H,27,28)/t25-/m0/s1. The van der Waals surface area contributed by atoms with E-state index in [-0.39, 0.29) is 6.10 Å². The Hall–Kier alpha value is -3.22. The number of pyridine rings is 1. The monoisotopic (exact) mass is 414 g/mol. The lowest BCUT2D eigenvalue weighted by Gasteiger charge is -2.32. The van der Waals surface area contributed by atoms with Gasteiger partial charge in [-0.2, -0.15) is 5.10 Å². The minimum absolute atomic E-state index is 0.0177. The minimum atomic E-state index is -0.0177. The molecule has 6 heteroatoms. The number of aromatic amines is 1. The number of fused-ring (bicyclic) bond motifs is 1. The van der Waals surface area contributed by atoms with E-state index in [0.717, 1.165) is 48.7 Å². The van der Waals surface area contributed by atoms with Crippen LogP contribution in [0.25, 0.3) is 10.9 Å². The van der Waals surface area contributed by atoms with Crippen LogP contribution in [-0.4, -0.2) is 46.4 Å². The predicted octanol–water partition coefficient (Wildman–Crippen LogP) is 4.15. The Bertz CT molecular complexity index is 1130. The number of para-hydroxylation sites is 1. The van der Waals surface area contributed by atoms with Crippen LogP contribution in [0, 0.1) is 0 Å². The molecule has 0 aliphatic carbocycles. The molecule has 1 atom stereocenters. The van der Waals surface area contributed by atoms with Crippen LogP contribution >= 0.6 is 0 Å². The highest BCUT2D eigenvalue weighted by atomic mass is 16.5. The first-order valence-corrected chi connectivity index (χ1v) is 10.7. The van der Waals surface area contributed by atoms with Gasteiger partial charge in [-0.1, -0.05) is 30.3 Å². The third-order valence-corrected chi connectivity index (χ3v) is 5.59. The molecule has 0 unspecified atom stereocenters. The number of hydrogen-bond donors (Lipinski definition) is 1. The molecule has 6 nitrogen and oxygen atoms in total. The van der Waals surface area contributed by atoms with E-state index < -0.39 is 0 Å². The van der Waals surface area contributed by atoms with Crippen molar-refractivity contribution in [2.75, 3.05) is 26.3 Å². The van der Waals surface area contributed by atoms with Gasteiger partial charge in [-0.15, -0.1) is 0 Å². The van der Waals surface area contributed by atoms with Gasteiger partial charge in [0.15, 0.2) is 0 Å². The molecule has 2 aromatic heterocycles. The summed E-state index contributed by atoms with van der Waals surface area (Å²) in [5.74, 6) is 0.887. The van der Waals surface area contributed by atoms with Crippen molar-refractivity contribution in [2.24, 2.45) is 0 Å². The second kappa shape index (κ2) is 9.29. The molecule has 1 N–H and O–H groups in total. The van der Waals surface area contributed by atoms with Gasteiger partial charge in [0.1, 0.15) is 11.9 Å². The zero-order chi connectivity index (χ0) is 20.9. The van der Waals surface area contributed by atoms with Gasteiger partial charge in [-0.3, -0.25) is 15.0 Å². The van der Waals surface area contributed by atoms with Gasteiger partial charge in [0, 0.05) is 43.3 Å². The molecule has 0 spiro atoms. The lowest BCUT2D eigenvalue weighted by atomic mass is 10.1. The molecule has 31 heavy (non-hydrogen) atoms. The van der Waals surface area contributed by atoms with Crippen LogP contribution < -0.4 is 4.74 Å². The van der Waals surface area contributed by atoms with Crippen LogP contribution in [0.4, 0.5) is 0 Å².